The van der Waals surface area contributed by atoms with E-state index in [0.29, 0.717) is 22.0 Å². The maximum absolute atomic E-state index is 12.8. The molecule has 2 aromatic heterocycles. The summed E-state index contributed by atoms with van der Waals surface area (Å²) < 4.78 is 2.00. The highest BCUT2D eigenvalue weighted by molar-refractivity contribution is 7.99. The van der Waals surface area contributed by atoms with E-state index in [1.807, 2.05) is 53.2 Å². The van der Waals surface area contributed by atoms with Crippen molar-refractivity contribution in [2.24, 2.45) is 11.8 Å². The number of thioether (sulfide) groups is 1. The number of amides is 1. The number of benzene rings is 2. The standard InChI is InChI=1S/C26H28ClN5OS/c1-16-6-5-9-22(17(16)2)29-24(33)15-34-26-31-30-25(32(26)19-12-10-18(27)11-13-19)21-14-28-23-8-4-3-7-20(21)23/h3-4,7-8,10-14,16-17,22,28H,5-6,9,15H2,1-2H3,(H,29,33). The molecule has 2 heterocycles. The number of carbonyl (C=O) groups is 1. The van der Waals surface area contributed by atoms with Crippen molar-refractivity contribution >= 4 is 40.2 Å². The first-order chi connectivity index (χ1) is 16.5. The second-order valence-electron chi connectivity index (χ2n) is 9.10. The monoisotopic (exact) mass is 493 g/mol. The van der Waals surface area contributed by atoms with E-state index in [2.05, 4.69) is 40.4 Å². The molecule has 2 aromatic carbocycles. The molecule has 0 saturated heterocycles. The topological polar surface area (TPSA) is 75.6 Å². The fourth-order valence-corrected chi connectivity index (χ4v) is 5.67. The van der Waals surface area contributed by atoms with E-state index in [9.17, 15) is 4.79 Å². The Kier molecular flexibility index (Phi) is 6.66. The molecule has 1 fully saturated rings. The molecule has 0 aliphatic heterocycles. The number of aromatic amines is 1. The molecule has 34 heavy (non-hydrogen) atoms. The Hall–Kier alpha value is -2.77. The van der Waals surface area contributed by atoms with Gasteiger partial charge in [0, 0.05) is 39.4 Å². The lowest BCUT2D eigenvalue weighted by molar-refractivity contribution is -0.120. The number of para-hydroxylation sites is 1. The van der Waals surface area contributed by atoms with Crippen LogP contribution in [-0.4, -0.2) is 37.5 Å². The van der Waals surface area contributed by atoms with Crippen molar-refractivity contribution < 1.29 is 4.79 Å². The van der Waals surface area contributed by atoms with Crippen molar-refractivity contribution in [3.05, 3.63) is 59.8 Å². The predicted octanol–water partition coefficient (Wildman–Crippen LogP) is 6.10. The normalized spacial score (nSPS) is 20.5. The largest absolute Gasteiger partial charge is 0.360 e. The number of nitrogens with one attached hydrogen (secondary N) is 2. The van der Waals surface area contributed by atoms with Gasteiger partial charge in [0.1, 0.15) is 0 Å². The minimum absolute atomic E-state index is 0.0373. The Morgan fingerprint density at radius 2 is 1.94 bits per heavy atom. The van der Waals surface area contributed by atoms with Gasteiger partial charge in [-0.15, -0.1) is 10.2 Å². The van der Waals surface area contributed by atoms with Gasteiger partial charge in [-0.3, -0.25) is 9.36 Å². The van der Waals surface area contributed by atoms with E-state index in [1.165, 1.54) is 24.6 Å². The lowest BCUT2D eigenvalue weighted by Crippen LogP contribution is -2.44. The highest BCUT2D eigenvalue weighted by atomic mass is 35.5. The van der Waals surface area contributed by atoms with E-state index in [-0.39, 0.29) is 17.7 Å². The molecule has 3 unspecified atom stereocenters. The number of halogens is 1. The van der Waals surface area contributed by atoms with Gasteiger partial charge >= 0.3 is 0 Å². The summed E-state index contributed by atoms with van der Waals surface area (Å²) in [5.41, 5.74) is 2.89. The molecule has 1 amide bonds. The molecule has 2 N–H and O–H groups in total. The molecular weight excluding hydrogens is 466 g/mol. The number of H-pyrrole nitrogens is 1. The number of aromatic nitrogens is 4. The molecule has 176 valence electrons. The van der Waals surface area contributed by atoms with Gasteiger partial charge in [0.2, 0.25) is 5.91 Å². The third-order valence-electron chi connectivity index (χ3n) is 6.93. The van der Waals surface area contributed by atoms with Crippen molar-refractivity contribution in [1.82, 2.24) is 25.1 Å². The van der Waals surface area contributed by atoms with Gasteiger partial charge in [0.05, 0.1) is 5.75 Å². The SMILES string of the molecule is CC1CCCC(NC(=O)CSc2nnc(-c3c[nH]c4ccccc34)n2-c2ccc(Cl)cc2)C1C. The lowest BCUT2D eigenvalue weighted by atomic mass is 9.78. The molecule has 3 atom stereocenters. The van der Waals surface area contributed by atoms with E-state index in [1.54, 1.807) is 0 Å². The smallest absolute Gasteiger partial charge is 0.230 e. The Bertz CT molecular complexity index is 1300. The van der Waals surface area contributed by atoms with Gasteiger partial charge in [-0.2, -0.15) is 0 Å². The van der Waals surface area contributed by atoms with Gasteiger partial charge in [-0.1, -0.05) is 68.3 Å². The highest BCUT2D eigenvalue weighted by Gasteiger charge is 2.28. The second-order valence-corrected chi connectivity index (χ2v) is 10.5. The average Bonchev–Trinajstić information content (AvgIpc) is 3.45. The van der Waals surface area contributed by atoms with Gasteiger partial charge in [0.15, 0.2) is 11.0 Å². The zero-order valence-corrected chi connectivity index (χ0v) is 20.9. The van der Waals surface area contributed by atoms with Crippen LogP contribution in [0.2, 0.25) is 5.02 Å². The summed E-state index contributed by atoms with van der Waals surface area (Å²) in [6.45, 7) is 4.52. The van der Waals surface area contributed by atoms with Crippen molar-refractivity contribution in [1.29, 1.82) is 0 Å². The van der Waals surface area contributed by atoms with Crippen molar-refractivity contribution in [3.8, 4) is 17.1 Å². The summed E-state index contributed by atoms with van der Waals surface area (Å²) in [5.74, 6) is 2.18. The fraction of sp³-hybridized carbons (Fsp3) is 0.346. The minimum atomic E-state index is 0.0373. The molecule has 8 heteroatoms. The molecule has 1 saturated carbocycles. The molecule has 5 rings (SSSR count). The summed E-state index contributed by atoms with van der Waals surface area (Å²) in [4.78, 5) is 16.1. The number of nitrogens with zero attached hydrogens (tertiary/aromatic N) is 3. The van der Waals surface area contributed by atoms with Gasteiger partial charge in [-0.25, -0.2) is 0 Å². The first-order valence-electron chi connectivity index (χ1n) is 11.7. The van der Waals surface area contributed by atoms with Crippen LogP contribution >= 0.6 is 23.4 Å². The molecule has 4 aromatic rings. The summed E-state index contributed by atoms with van der Waals surface area (Å²) in [6.07, 6.45) is 5.41. The molecule has 0 radical (unpaired) electrons. The van der Waals surface area contributed by atoms with Crippen LogP contribution in [0.5, 0.6) is 0 Å². The molecule has 1 aliphatic rings. The zero-order valence-electron chi connectivity index (χ0n) is 19.3. The third kappa shape index (κ3) is 4.59. The Labute approximate surface area is 208 Å². The summed E-state index contributed by atoms with van der Waals surface area (Å²) in [5, 5.41) is 14.7. The molecule has 0 bridgehead atoms. The van der Waals surface area contributed by atoms with Crippen LogP contribution < -0.4 is 5.32 Å². The van der Waals surface area contributed by atoms with Crippen LogP contribution in [0.4, 0.5) is 0 Å². The van der Waals surface area contributed by atoms with Crippen LogP contribution in [0.3, 0.4) is 0 Å². The first-order valence-corrected chi connectivity index (χ1v) is 13.1. The maximum atomic E-state index is 12.8. The van der Waals surface area contributed by atoms with Crippen molar-refractivity contribution in [3.63, 3.8) is 0 Å². The Morgan fingerprint density at radius 3 is 2.76 bits per heavy atom. The highest BCUT2D eigenvalue weighted by Crippen LogP contribution is 2.33. The van der Waals surface area contributed by atoms with Crippen molar-refractivity contribution in [2.75, 3.05) is 5.75 Å². The van der Waals surface area contributed by atoms with Crippen molar-refractivity contribution in [2.45, 2.75) is 44.3 Å². The van der Waals surface area contributed by atoms with Crippen LogP contribution in [0.25, 0.3) is 28.0 Å². The van der Waals surface area contributed by atoms with Crippen LogP contribution in [0.15, 0.2) is 59.9 Å². The quantitative estimate of drug-likeness (QED) is 0.318. The molecule has 1 aliphatic carbocycles. The summed E-state index contributed by atoms with van der Waals surface area (Å²) in [7, 11) is 0. The molecular formula is C26H28ClN5OS. The first kappa shape index (κ1) is 23.0. The van der Waals surface area contributed by atoms with Gasteiger partial charge in [-0.05, 0) is 48.6 Å². The Morgan fingerprint density at radius 1 is 1.15 bits per heavy atom. The van der Waals surface area contributed by atoms with Gasteiger partial charge in [0.25, 0.3) is 0 Å². The summed E-state index contributed by atoms with van der Waals surface area (Å²) in [6, 6.07) is 15.9. The van der Waals surface area contributed by atoms with Gasteiger partial charge < -0.3 is 10.3 Å². The van der Waals surface area contributed by atoms with E-state index in [0.717, 1.165) is 34.4 Å². The Balaban J connectivity index is 1.42. The predicted molar refractivity (Wildman–Crippen MR) is 138 cm³/mol. The number of carbonyl (C=O) groups excluding carboxylic acids is 1. The van der Waals surface area contributed by atoms with Crippen LogP contribution in [0.1, 0.15) is 33.1 Å². The third-order valence-corrected chi connectivity index (χ3v) is 8.11. The van der Waals surface area contributed by atoms with Crippen LogP contribution in [0, 0.1) is 11.8 Å². The molecule has 0 spiro atoms. The number of fused-ring (bicyclic) bond motifs is 1. The average molecular weight is 494 g/mol. The van der Waals surface area contributed by atoms with E-state index in [4.69, 9.17) is 11.6 Å². The fourth-order valence-electron chi connectivity index (χ4n) is 4.78. The second kappa shape index (κ2) is 9.84. The number of rotatable bonds is 6. The maximum Gasteiger partial charge on any atom is 0.230 e. The summed E-state index contributed by atoms with van der Waals surface area (Å²) >= 11 is 7.55. The number of hydrogen-bond acceptors (Lipinski definition) is 4. The minimum Gasteiger partial charge on any atom is -0.360 e. The molecule has 6 nitrogen and oxygen atoms in total. The zero-order chi connectivity index (χ0) is 23.7. The van der Waals surface area contributed by atoms with E-state index >= 15 is 0 Å². The lowest BCUT2D eigenvalue weighted by Gasteiger charge is -2.34. The number of hydrogen-bond donors (Lipinski definition) is 2. The van der Waals surface area contributed by atoms with Crippen LogP contribution in [-0.2, 0) is 4.79 Å². The van der Waals surface area contributed by atoms with E-state index < -0.39 is 0 Å².